The van der Waals surface area contributed by atoms with Crippen molar-refractivity contribution in [3.8, 4) is 11.3 Å². The summed E-state index contributed by atoms with van der Waals surface area (Å²) in [6, 6.07) is 8.45. The molecule has 1 aliphatic rings. The van der Waals surface area contributed by atoms with E-state index >= 15 is 0 Å². The Morgan fingerprint density at radius 1 is 1.09 bits per heavy atom. The minimum atomic E-state index is 0.246. The zero-order chi connectivity index (χ0) is 22.8. The predicted molar refractivity (Wildman–Crippen MR) is 130 cm³/mol. The summed E-state index contributed by atoms with van der Waals surface area (Å²) in [6.07, 6.45) is 9.13. The number of fused-ring (bicyclic) bond motifs is 1. The summed E-state index contributed by atoms with van der Waals surface area (Å²) in [5.74, 6) is 1.45. The summed E-state index contributed by atoms with van der Waals surface area (Å²) in [5.41, 5.74) is 10.7. The van der Waals surface area contributed by atoms with Crippen LogP contribution in [0.15, 0.2) is 49.2 Å². The molecule has 1 aliphatic heterocycles. The van der Waals surface area contributed by atoms with Gasteiger partial charge in [-0.05, 0) is 50.5 Å². The van der Waals surface area contributed by atoms with Crippen molar-refractivity contribution >= 4 is 22.9 Å². The van der Waals surface area contributed by atoms with Crippen molar-refractivity contribution in [1.29, 1.82) is 0 Å². The van der Waals surface area contributed by atoms with E-state index in [2.05, 4.69) is 49.6 Å². The molecule has 33 heavy (non-hydrogen) atoms. The van der Waals surface area contributed by atoms with Gasteiger partial charge in [0.2, 0.25) is 5.95 Å². The molecule has 0 unspecified atom stereocenters. The highest BCUT2D eigenvalue weighted by Crippen LogP contribution is 2.27. The Kier molecular flexibility index (Phi) is 5.87. The topological polar surface area (TPSA) is 111 Å². The Balaban J connectivity index is 1.49. The van der Waals surface area contributed by atoms with E-state index in [0.29, 0.717) is 6.54 Å². The molecule has 1 saturated heterocycles. The van der Waals surface area contributed by atoms with E-state index in [9.17, 15) is 0 Å². The molecular formula is C24H29N9. The number of hydrogen-bond donors (Lipinski definition) is 2. The van der Waals surface area contributed by atoms with Crippen LogP contribution in [0.4, 0.5) is 11.8 Å². The molecule has 0 atom stereocenters. The maximum absolute atomic E-state index is 6.11. The van der Waals surface area contributed by atoms with E-state index in [-0.39, 0.29) is 12.1 Å². The van der Waals surface area contributed by atoms with Gasteiger partial charge in [-0.3, -0.25) is 9.97 Å². The van der Waals surface area contributed by atoms with Crippen LogP contribution in [-0.2, 0) is 6.54 Å². The van der Waals surface area contributed by atoms with E-state index < -0.39 is 0 Å². The Bertz CT molecular complexity index is 1230. The van der Waals surface area contributed by atoms with Gasteiger partial charge >= 0.3 is 0 Å². The van der Waals surface area contributed by atoms with Crippen LogP contribution in [-0.4, -0.2) is 48.6 Å². The van der Waals surface area contributed by atoms with Gasteiger partial charge in [0.05, 0.1) is 12.0 Å². The summed E-state index contributed by atoms with van der Waals surface area (Å²) >= 11 is 0. The van der Waals surface area contributed by atoms with Crippen LogP contribution < -0.4 is 16.0 Å². The first-order valence-electron chi connectivity index (χ1n) is 11.4. The van der Waals surface area contributed by atoms with Crippen LogP contribution in [0, 0.1) is 0 Å². The molecule has 4 aromatic rings. The number of piperidine rings is 1. The highest BCUT2D eigenvalue weighted by Gasteiger charge is 2.22. The van der Waals surface area contributed by atoms with Crippen molar-refractivity contribution in [3.05, 3.63) is 54.7 Å². The molecule has 4 aromatic heterocycles. The third-order valence-electron chi connectivity index (χ3n) is 6.06. The van der Waals surface area contributed by atoms with Crippen LogP contribution in [0.5, 0.6) is 0 Å². The van der Waals surface area contributed by atoms with Crippen LogP contribution in [0.25, 0.3) is 22.4 Å². The highest BCUT2D eigenvalue weighted by molar-refractivity contribution is 5.84. The fourth-order valence-corrected chi connectivity index (χ4v) is 4.17. The summed E-state index contributed by atoms with van der Waals surface area (Å²) in [5, 5.41) is 3.52. The molecule has 1 fully saturated rings. The largest absolute Gasteiger partial charge is 0.364 e. The lowest BCUT2D eigenvalue weighted by Crippen LogP contribution is -2.40. The molecule has 9 heteroatoms. The maximum Gasteiger partial charge on any atom is 0.229 e. The van der Waals surface area contributed by atoms with Gasteiger partial charge in [-0.2, -0.15) is 9.97 Å². The fraction of sp³-hybridized carbons (Fsp3) is 0.375. The van der Waals surface area contributed by atoms with Gasteiger partial charge in [0.1, 0.15) is 0 Å². The van der Waals surface area contributed by atoms with Crippen molar-refractivity contribution in [2.75, 3.05) is 23.3 Å². The average molecular weight is 444 g/mol. The van der Waals surface area contributed by atoms with Crippen molar-refractivity contribution in [2.24, 2.45) is 5.73 Å². The lowest BCUT2D eigenvalue weighted by molar-refractivity contribution is 0.495. The molecular weight excluding hydrogens is 414 g/mol. The zero-order valence-electron chi connectivity index (χ0n) is 19.0. The molecule has 0 aromatic carbocycles. The second kappa shape index (κ2) is 9.11. The van der Waals surface area contributed by atoms with Gasteiger partial charge in [-0.25, -0.2) is 4.98 Å². The normalized spacial score (nSPS) is 14.8. The van der Waals surface area contributed by atoms with Crippen LogP contribution in [0.2, 0.25) is 0 Å². The third-order valence-corrected chi connectivity index (χ3v) is 6.06. The molecule has 0 saturated carbocycles. The van der Waals surface area contributed by atoms with Crippen molar-refractivity contribution in [1.82, 2.24) is 29.5 Å². The Morgan fingerprint density at radius 2 is 1.91 bits per heavy atom. The standard InChI is InChI=1S/C24H29N9/c1-16(2)33-15-29-21-22(30-24(31-23(21)33)32-11-7-19(25)8-12-32)28-14-18-6-4-10-27-20(18)17-5-3-9-26-13-17/h3-6,9-10,13,15-16,19H,7-8,11-12,14,25H2,1-2H3,(H,28,30,31). The summed E-state index contributed by atoms with van der Waals surface area (Å²) in [4.78, 5) is 25.5. The molecule has 0 aliphatic carbocycles. The monoisotopic (exact) mass is 443 g/mol. The molecule has 0 spiro atoms. The maximum atomic E-state index is 6.11. The lowest BCUT2D eigenvalue weighted by atomic mass is 10.1. The third kappa shape index (κ3) is 4.36. The van der Waals surface area contributed by atoms with Gasteiger partial charge in [0.25, 0.3) is 0 Å². The van der Waals surface area contributed by atoms with Crippen molar-refractivity contribution in [2.45, 2.75) is 45.3 Å². The number of anilines is 2. The smallest absolute Gasteiger partial charge is 0.229 e. The number of nitrogens with two attached hydrogens (primary N) is 1. The summed E-state index contributed by atoms with van der Waals surface area (Å²) in [6.45, 7) is 6.53. The lowest BCUT2D eigenvalue weighted by Gasteiger charge is -2.30. The number of nitrogens with zero attached hydrogens (tertiary/aromatic N) is 7. The van der Waals surface area contributed by atoms with Crippen molar-refractivity contribution < 1.29 is 0 Å². The first-order chi connectivity index (χ1) is 16.1. The second-order valence-electron chi connectivity index (χ2n) is 8.72. The van der Waals surface area contributed by atoms with E-state index in [1.807, 2.05) is 30.7 Å². The highest BCUT2D eigenvalue weighted by atomic mass is 15.3. The van der Waals surface area contributed by atoms with Crippen molar-refractivity contribution in [3.63, 3.8) is 0 Å². The van der Waals surface area contributed by atoms with E-state index in [1.165, 1.54) is 0 Å². The minimum Gasteiger partial charge on any atom is -0.364 e. The SMILES string of the molecule is CC(C)n1cnc2c(NCc3cccnc3-c3cccnc3)nc(N3CCC(N)CC3)nc21. The number of nitrogens with one attached hydrogen (secondary N) is 1. The molecule has 5 heterocycles. The number of aromatic nitrogens is 6. The van der Waals surface area contributed by atoms with Gasteiger partial charge in [-0.1, -0.05) is 6.07 Å². The first kappa shape index (κ1) is 21.3. The summed E-state index contributed by atoms with van der Waals surface area (Å²) in [7, 11) is 0. The van der Waals surface area contributed by atoms with Gasteiger partial charge in [0.15, 0.2) is 17.0 Å². The van der Waals surface area contributed by atoms with E-state index in [0.717, 1.165) is 65.7 Å². The Labute approximate surface area is 193 Å². The molecule has 5 rings (SSSR count). The van der Waals surface area contributed by atoms with Crippen LogP contribution in [0.3, 0.4) is 0 Å². The molecule has 9 nitrogen and oxygen atoms in total. The molecule has 0 radical (unpaired) electrons. The predicted octanol–water partition coefficient (Wildman–Crippen LogP) is 3.40. The fourth-order valence-electron chi connectivity index (χ4n) is 4.17. The van der Waals surface area contributed by atoms with Crippen LogP contribution in [0.1, 0.15) is 38.3 Å². The van der Waals surface area contributed by atoms with E-state index in [4.69, 9.17) is 15.7 Å². The molecule has 0 bridgehead atoms. The average Bonchev–Trinajstić information content (AvgIpc) is 3.28. The quantitative estimate of drug-likeness (QED) is 0.466. The second-order valence-corrected chi connectivity index (χ2v) is 8.72. The minimum absolute atomic E-state index is 0.246. The molecule has 170 valence electrons. The number of rotatable bonds is 6. The number of pyridine rings is 2. The summed E-state index contributed by atoms with van der Waals surface area (Å²) < 4.78 is 2.09. The Hall–Kier alpha value is -3.59. The number of imidazole rings is 1. The van der Waals surface area contributed by atoms with Crippen LogP contribution >= 0.6 is 0 Å². The van der Waals surface area contributed by atoms with Gasteiger partial charge in [0, 0.05) is 55.9 Å². The molecule has 0 amide bonds. The zero-order valence-corrected chi connectivity index (χ0v) is 19.0. The van der Waals surface area contributed by atoms with E-state index in [1.54, 1.807) is 12.4 Å². The van der Waals surface area contributed by atoms with Gasteiger partial charge in [-0.15, -0.1) is 0 Å². The number of hydrogen-bond acceptors (Lipinski definition) is 8. The Morgan fingerprint density at radius 3 is 2.67 bits per heavy atom. The first-order valence-corrected chi connectivity index (χ1v) is 11.4. The van der Waals surface area contributed by atoms with Gasteiger partial charge < -0.3 is 20.5 Å². The molecule has 3 N–H and O–H groups in total.